The Kier molecular flexibility index (Phi) is 6.40. The number of carboxylic acids is 1. The van der Waals surface area contributed by atoms with Crippen LogP contribution in [0, 0.1) is 6.92 Å². The molecule has 0 atom stereocenters. The molecule has 0 saturated heterocycles. The minimum Gasteiger partial charge on any atom is -0.487 e. The van der Waals surface area contributed by atoms with Crippen molar-refractivity contribution in [3.05, 3.63) is 71.4 Å². The van der Waals surface area contributed by atoms with Crippen molar-refractivity contribution < 1.29 is 14.6 Å². The molecule has 0 amide bonds. The molecule has 0 aliphatic carbocycles. The van der Waals surface area contributed by atoms with Gasteiger partial charge in [0.15, 0.2) is 0 Å². The summed E-state index contributed by atoms with van der Waals surface area (Å²) in [7, 11) is 0. The number of carboxylic acid groups (broad SMARTS) is 1. The number of aliphatic carboxylic acids is 1. The summed E-state index contributed by atoms with van der Waals surface area (Å²) in [5.74, 6) is -0.192. The lowest BCUT2D eigenvalue weighted by Gasteiger charge is -2.06. The molecule has 0 aliphatic heterocycles. The number of rotatable bonds is 5. The highest BCUT2D eigenvalue weighted by molar-refractivity contribution is 5.94. The number of hydrogen-bond acceptors (Lipinski definition) is 2. The molecule has 130 valence electrons. The van der Waals surface area contributed by atoms with Gasteiger partial charge < -0.3 is 14.8 Å². The summed E-state index contributed by atoms with van der Waals surface area (Å²) in [5.41, 5.74) is 3.83. The largest absolute Gasteiger partial charge is 0.487 e. The summed E-state index contributed by atoms with van der Waals surface area (Å²) in [6.07, 6.45) is 2.75. The highest BCUT2D eigenvalue weighted by Gasteiger charge is 2.10. The third-order valence-corrected chi connectivity index (χ3v) is 3.62. The third-order valence-electron chi connectivity index (χ3n) is 3.62. The molecule has 4 heteroatoms. The van der Waals surface area contributed by atoms with Gasteiger partial charge in [-0.15, -0.1) is 0 Å². The average molecular weight is 337 g/mol. The van der Waals surface area contributed by atoms with E-state index in [9.17, 15) is 4.79 Å². The van der Waals surface area contributed by atoms with Crippen molar-refractivity contribution in [2.24, 2.45) is 0 Å². The molecular weight excluding hydrogens is 314 g/mol. The van der Waals surface area contributed by atoms with Gasteiger partial charge in [0.1, 0.15) is 12.4 Å². The molecule has 0 bridgehead atoms. The number of H-pyrrole nitrogens is 1. The Hall–Kier alpha value is -3.01. The number of fused-ring (bicyclic) bond motifs is 1. The fourth-order valence-corrected chi connectivity index (χ4v) is 2.47. The quantitative estimate of drug-likeness (QED) is 0.631. The predicted octanol–water partition coefficient (Wildman–Crippen LogP) is 5.18. The van der Waals surface area contributed by atoms with Gasteiger partial charge in [-0.25, -0.2) is 4.79 Å². The molecule has 0 radical (unpaired) electrons. The van der Waals surface area contributed by atoms with Gasteiger partial charge in [-0.2, -0.15) is 0 Å². The number of aromatic nitrogens is 1. The predicted molar refractivity (Wildman–Crippen MR) is 102 cm³/mol. The molecule has 2 aromatic carbocycles. The summed E-state index contributed by atoms with van der Waals surface area (Å²) in [6, 6.07) is 15.6. The molecule has 0 spiro atoms. The highest BCUT2D eigenvalue weighted by Crippen LogP contribution is 2.25. The second kappa shape index (κ2) is 8.73. The molecule has 4 nitrogen and oxygen atoms in total. The van der Waals surface area contributed by atoms with Crippen LogP contribution in [0.1, 0.15) is 30.7 Å². The van der Waals surface area contributed by atoms with Crippen molar-refractivity contribution in [1.82, 2.24) is 4.98 Å². The second-order valence-corrected chi connectivity index (χ2v) is 5.34. The Morgan fingerprint density at radius 3 is 2.48 bits per heavy atom. The minimum atomic E-state index is -0.972. The van der Waals surface area contributed by atoms with Crippen LogP contribution in [0.25, 0.3) is 17.0 Å². The topological polar surface area (TPSA) is 62.3 Å². The number of nitrogens with one attached hydrogen (secondary N) is 1. The number of ether oxygens (including phenoxy) is 1. The number of aryl methyl sites for hydroxylation is 1. The maximum atomic E-state index is 10.8. The van der Waals surface area contributed by atoms with E-state index in [2.05, 4.69) is 4.98 Å². The van der Waals surface area contributed by atoms with E-state index < -0.39 is 5.97 Å². The normalized spacial score (nSPS) is 10.5. The Morgan fingerprint density at radius 2 is 1.80 bits per heavy atom. The zero-order chi connectivity index (χ0) is 18.2. The van der Waals surface area contributed by atoms with E-state index in [4.69, 9.17) is 9.84 Å². The molecular formula is C21H23NO3. The number of para-hydroxylation sites is 1. The van der Waals surface area contributed by atoms with Gasteiger partial charge in [0, 0.05) is 22.5 Å². The van der Waals surface area contributed by atoms with E-state index in [0.717, 1.165) is 34.0 Å². The molecule has 3 aromatic rings. The van der Waals surface area contributed by atoms with E-state index >= 15 is 0 Å². The van der Waals surface area contributed by atoms with Crippen molar-refractivity contribution in [1.29, 1.82) is 0 Å². The van der Waals surface area contributed by atoms with Crippen molar-refractivity contribution in [3.63, 3.8) is 0 Å². The number of benzene rings is 2. The molecule has 0 aliphatic rings. The first-order valence-electron chi connectivity index (χ1n) is 8.33. The van der Waals surface area contributed by atoms with E-state index in [1.807, 2.05) is 69.3 Å². The Bertz CT molecular complexity index is 860. The first kappa shape index (κ1) is 18.3. The third kappa shape index (κ3) is 4.73. The Morgan fingerprint density at radius 1 is 1.12 bits per heavy atom. The molecule has 1 aromatic heterocycles. The summed E-state index contributed by atoms with van der Waals surface area (Å²) in [5, 5.41) is 9.86. The van der Waals surface area contributed by atoms with E-state index in [1.54, 1.807) is 6.08 Å². The first-order valence-corrected chi connectivity index (χ1v) is 8.33. The van der Waals surface area contributed by atoms with Crippen LogP contribution < -0.4 is 4.74 Å². The fourth-order valence-electron chi connectivity index (χ4n) is 2.47. The first-order chi connectivity index (χ1) is 12.1. The molecule has 0 saturated carbocycles. The minimum absolute atomic E-state index is 0.344. The zero-order valence-corrected chi connectivity index (χ0v) is 14.7. The van der Waals surface area contributed by atoms with Crippen LogP contribution in [0.3, 0.4) is 0 Å². The van der Waals surface area contributed by atoms with Crippen LogP contribution in [0.4, 0.5) is 0 Å². The molecule has 0 fully saturated rings. The van der Waals surface area contributed by atoms with Gasteiger partial charge in [0.2, 0.25) is 0 Å². The Balaban J connectivity index is 0.00000109. The Labute approximate surface area is 147 Å². The average Bonchev–Trinajstić information content (AvgIpc) is 2.99. The SMILES string of the molecule is CC.Cc1ccc(OCc2[nH]c3ccccc3c2/C=C/C(=O)O)cc1. The zero-order valence-electron chi connectivity index (χ0n) is 14.7. The van der Waals surface area contributed by atoms with Crippen LogP contribution in [0.2, 0.25) is 0 Å². The molecule has 2 N–H and O–H groups in total. The maximum absolute atomic E-state index is 10.8. The van der Waals surface area contributed by atoms with Crippen LogP contribution in [-0.4, -0.2) is 16.1 Å². The lowest BCUT2D eigenvalue weighted by atomic mass is 10.1. The standard InChI is InChI=1S/C19H17NO3.C2H6/c1-13-6-8-14(9-7-13)23-12-18-16(10-11-19(21)22)15-4-2-3-5-17(15)20-18;1-2/h2-11,20H,12H2,1H3,(H,21,22);1-2H3/b11-10+;. The van der Waals surface area contributed by atoms with Crippen molar-refractivity contribution >= 4 is 22.9 Å². The molecule has 1 heterocycles. The van der Waals surface area contributed by atoms with Gasteiger partial charge in [-0.05, 0) is 31.2 Å². The molecule has 0 unspecified atom stereocenters. The van der Waals surface area contributed by atoms with Crippen molar-refractivity contribution in [2.75, 3.05) is 0 Å². The number of hydrogen-bond donors (Lipinski definition) is 2. The summed E-state index contributed by atoms with van der Waals surface area (Å²) < 4.78 is 5.81. The smallest absolute Gasteiger partial charge is 0.328 e. The highest BCUT2D eigenvalue weighted by atomic mass is 16.5. The van der Waals surface area contributed by atoms with E-state index in [-0.39, 0.29) is 0 Å². The monoisotopic (exact) mass is 337 g/mol. The van der Waals surface area contributed by atoms with Crippen LogP contribution >= 0.6 is 0 Å². The van der Waals surface area contributed by atoms with E-state index in [0.29, 0.717) is 6.61 Å². The number of carbonyl (C=O) groups is 1. The van der Waals surface area contributed by atoms with Crippen molar-refractivity contribution in [3.8, 4) is 5.75 Å². The van der Waals surface area contributed by atoms with Gasteiger partial charge in [0.05, 0.1) is 5.69 Å². The molecule has 25 heavy (non-hydrogen) atoms. The summed E-state index contributed by atoms with van der Waals surface area (Å²) in [4.78, 5) is 14.1. The van der Waals surface area contributed by atoms with Crippen molar-refractivity contribution in [2.45, 2.75) is 27.4 Å². The van der Waals surface area contributed by atoms with Crippen LogP contribution in [-0.2, 0) is 11.4 Å². The lowest BCUT2D eigenvalue weighted by Crippen LogP contribution is -1.98. The van der Waals surface area contributed by atoms with Crippen LogP contribution in [0.15, 0.2) is 54.6 Å². The van der Waals surface area contributed by atoms with E-state index in [1.165, 1.54) is 5.56 Å². The van der Waals surface area contributed by atoms with Crippen LogP contribution in [0.5, 0.6) is 5.75 Å². The molecule has 3 rings (SSSR count). The van der Waals surface area contributed by atoms with Gasteiger partial charge in [-0.1, -0.05) is 49.7 Å². The lowest BCUT2D eigenvalue weighted by molar-refractivity contribution is -0.131. The maximum Gasteiger partial charge on any atom is 0.328 e. The number of aromatic amines is 1. The van der Waals surface area contributed by atoms with Gasteiger partial charge in [-0.3, -0.25) is 0 Å². The van der Waals surface area contributed by atoms with Gasteiger partial charge in [0.25, 0.3) is 0 Å². The summed E-state index contributed by atoms with van der Waals surface area (Å²) in [6.45, 7) is 6.37. The summed E-state index contributed by atoms with van der Waals surface area (Å²) >= 11 is 0. The fraction of sp³-hybridized carbons (Fsp3) is 0.190. The van der Waals surface area contributed by atoms with Gasteiger partial charge >= 0.3 is 5.97 Å². The second-order valence-electron chi connectivity index (χ2n) is 5.34.